The minimum Gasteiger partial charge on any atom is -0.352 e. The molecule has 1 amide bonds. The minimum atomic E-state index is -3.79. The van der Waals surface area contributed by atoms with Gasteiger partial charge in [-0.1, -0.05) is 62.0 Å². The lowest BCUT2D eigenvalue weighted by atomic mass is 10.1. The maximum absolute atomic E-state index is 12.8. The highest BCUT2D eigenvalue weighted by Crippen LogP contribution is 2.20. The summed E-state index contributed by atoms with van der Waals surface area (Å²) in [6.45, 7) is 9.64. The third-order valence-corrected chi connectivity index (χ3v) is 7.11. The Hall–Kier alpha value is -3.16. The van der Waals surface area contributed by atoms with Crippen molar-refractivity contribution in [2.45, 2.75) is 33.2 Å². The number of para-hydroxylation sites is 1. The molecule has 7 heteroatoms. The molecule has 0 aliphatic heterocycles. The van der Waals surface area contributed by atoms with Gasteiger partial charge >= 0.3 is 0 Å². The molecule has 34 heavy (non-hydrogen) atoms. The molecule has 0 aromatic heterocycles. The molecule has 0 radical (unpaired) electrons. The van der Waals surface area contributed by atoms with Crippen LogP contribution in [0, 0.1) is 0 Å². The zero-order valence-corrected chi connectivity index (χ0v) is 21.1. The number of aryl methyl sites for hydroxylation is 1. The summed E-state index contributed by atoms with van der Waals surface area (Å²) in [4.78, 5) is 12.4. The summed E-state index contributed by atoms with van der Waals surface area (Å²) >= 11 is 0. The number of allylic oxidation sites excluding steroid dienone is 2. The molecular weight excluding hydrogens is 446 g/mol. The predicted octanol–water partition coefficient (Wildman–Crippen LogP) is 4.33. The lowest BCUT2D eigenvalue weighted by Crippen LogP contribution is -2.28. The van der Waals surface area contributed by atoms with Gasteiger partial charge in [-0.05, 0) is 61.7 Å². The third-order valence-electron chi connectivity index (χ3n) is 5.38. The maximum atomic E-state index is 12.8. The fraction of sp³-hybridized carbons (Fsp3) is 0.296. The maximum Gasteiger partial charge on any atom is 0.263 e. The highest BCUT2D eigenvalue weighted by molar-refractivity contribution is 7.96. The molecule has 0 spiro atoms. The Morgan fingerprint density at radius 1 is 1.03 bits per heavy atom. The zero-order chi connectivity index (χ0) is 25.0. The Morgan fingerprint density at radius 2 is 1.74 bits per heavy atom. The van der Waals surface area contributed by atoms with E-state index in [0.717, 1.165) is 25.9 Å². The standard InChI is InChI=1S/C27H35N3O3S/c1-5-23-12-10-13-24(20-23)21-28-18-11-19-29-27(31)25(6-2)17-16-22(3)34(32,33)30(4)26-14-8-7-9-15-26/h6-10,12-17,20,28H,3,5,11,18-19,21H2,1-2,4H3,(H,29,31)/b17-16-,25-6+. The molecule has 2 aromatic carbocycles. The quantitative estimate of drug-likeness (QED) is 0.254. The molecule has 0 bridgehead atoms. The number of benzene rings is 2. The lowest BCUT2D eigenvalue weighted by Gasteiger charge is -2.19. The van der Waals surface area contributed by atoms with Crippen molar-refractivity contribution < 1.29 is 13.2 Å². The number of rotatable bonds is 13. The zero-order valence-electron chi connectivity index (χ0n) is 20.3. The largest absolute Gasteiger partial charge is 0.352 e. The van der Waals surface area contributed by atoms with Crippen LogP contribution >= 0.6 is 0 Å². The highest BCUT2D eigenvalue weighted by Gasteiger charge is 2.20. The molecule has 0 atom stereocenters. The van der Waals surface area contributed by atoms with Gasteiger partial charge in [-0.2, -0.15) is 0 Å². The van der Waals surface area contributed by atoms with Crippen molar-refractivity contribution in [3.8, 4) is 0 Å². The number of sulfonamides is 1. The SMILES string of the molecule is C=C(/C=C\C(=C/C)C(=O)NCCCNCc1cccc(CC)c1)S(=O)(=O)N(C)c1ccccc1. The van der Waals surface area contributed by atoms with E-state index in [4.69, 9.17) is 0 Å². The van der Waals surface area contributed by atoms with Crippen LogP contribution < -0.4 is 14.9 Å². The number of carbonyl (C=O) groups excluding carboxylic acids is 1. The monoisotopic (exact) mass is 481 g/mol. The van der Waals surface area contributed by atoms with Crippen LogP contribution in [0.3, 0.4) is 0 Å². The molecular formula is C27H35N3O3S. The van der Waals surface area contributed by atoms with Crippen LogP contribution in [0.25, 0.3) is 0 Å². The van der Waals surface area contributed by atoms with Gasteiger partial charge < -0.3 is 10.6 Å². The third kappa shape index (κ3) is 8.01. The van der Waals surface area contributed by atoms with Crippen molar-refractivity contribution in [2.24, 2.45) is 0 Å². The van der Waals surface area contributed by atoms with E-state index in [-0.39, 0.29) is 10.8 Å². The van der Waals surface area contributed by atoms with E-state index in [0.29, 0.717) is 17.8 Å². The average Bonchev–Trinajstić information content (AvgIpc) is 2.86. The Kier molecular flexibility index (Phi) is 10.8. The second kappa shape index (κ2) is 13.5. The van der Waals surface area contributed by atoms with Crippen LogP contribution in [0.5, 0.6) is 0 Å². The molecule has 0 heterocycles. The molecule has 0 fully saturated rings. The van der Waals surface area contributed by atoms with Crippen LogP contribution in [0.1, 0.15) is 31.4 Å². The van der Waals surface area contributed by atoms with Crippen LogP contribution in [-0.2, 0) is 27.8 Å². The van der Waals surface area contributed by atoms with Crippen molar-refractivity contribution in [3.63, 3.8) is 0 Å². The number of nitrogens with zero attached hydrogens (tertiary/aromatic N) is 1. The van der Waals surface area contributed by atoms with E-state index in [1.54, 1.807) is 37.3 Å². The normalized spacial score (nSPS) is 12.0. The lowest BCUT2D eigenvalue weighted by molar-refractivity contribution is -0.117. The molecule has 6 nitrogen and oxygen atoms in total. The fourth-order valence-corrected chi connectivity index (χ4v) is 4.22. The molecule has 0 saturated heterocycles. The first-order valence-electron chi connectivity index (χ1n) is 11.4. The van der Waals surface area contributed by atoms with Crippen molar-refractivity contribution in [1.82, 2.24) is 10.6 Å². The molecule has 2 aromatic rings. The highest BCUT2D eigenvalue weighted by atomic mass is 32.2. The van der Waals surface area contributed by atoms with Gasteiger partial charge in [0.2, 0.25) is 0 Å². The van der Waals surface area contributed by atoms with Crippen molar-refractivity contribution >= 4 is 21.6 Å². The first-order valence-corrected chi connectivity index (χ1v) is 12.9. The summed E-state index contributed by atoms with van der Waals surface area (Å²) in [5.41, 5.74) is 3.48. The Labute approximate surface area is 204 Å². The summed E-state index contributed by atoms with van der Waals surface area (Å²) in [6, 6.07) is 17.3. The van der Waals surface area contributed by atoms with Gasteiger partial charge in [0.1, 0.15) is 0 Å². The second-order valence-corrected chi connectivity index (χ2v) is 9.83. The van der Waals surface area contributed by atoms with Crippen LogP contribution in [0.4, 0.5) is 5.69 Å². The molecule has 0 aliphatic rings. The van der Waals surface area contributed by atoms with E-state index in [1.165, 1.54) is 34.6 Å². The van der Waals surface area contributed by atoms with E-state index in [1.807, 2.05) is 6.07 Å². The van der Waals surface area contributed by atoms with E-state index >= 15 is 0 Å². The molecule has 2 N–H and O–H groups in total. The van der Waals surface area contributed by atoms with Gasteiger partial charge in [0, 0.05) is 25.7 Å². The number of hydrogen-bond donors (Lipinski definition) is 2. The van der Waals surface area contributed by atoms with Gasteiger partial charge in [-0.15, -0.1) is 0 Å². The summed E-state index contributed by atoms with van der Waals surface area (Å²) in [7, 11) is -2.32. The van der Waals surface area contributed by atoms with Crippen LogP contribution in [0.15, 0.2) is 89.9 Å². The van der Waals surface area contributed by atoms with Gasteiger partial charge in [0.15, 0.2) is 0 Å². The van der Waals surface area contributed by atoms with Crippen molar-refractivity contribution in [2.75, 3.05) is 24.4 Å². The number of hydrogen-bond acceptors (Lipinski definition) is 4. The van der Waals surface area contributed by atoms with Gasteiger partial charge in [0.05, 0.1) is 10.6 Å². The van der Waals surface area contributed by atoms with E-state index < -0.39 is 10.0 Å². The molecule has 0 saturated carbocycles. The van der Waals surface area contributed by atoms with Crippen molar-refractivity contribution in [3.05, 3.63) is 101 Å². The molecule has 182 valence electrons. The second-order valence-electron chi connectivity index (χ2n) is 7.81. The van der Waals surface area contributed by atoms with E-state index in [9.17, 15) is 13.2 Å². The molecule has 0 aliphatic carbocycles. The number of nitrogens with one attached hydrogen (secondary N) is 2. The topological polar surface area (TPSA) is 78.5 Å². The number of amides is 1. The minimum absolute atomic E-state index is 0.0951. The average molecular weight is 482 g/mol. The number of carbonyl (C=O) groups is 1. The van der Waals surface area contributed by atoms with E-state index in [2.05, 4.69) is 48.4 Å². The summed E-state index contributed by atoms with van der Waals surface area (Å²) in [6.07, 6.45) is 6.28. The van der Waals surface area contributed by atoms with Gasteiger partial charge in [0.25, 0.3) is 15.9 Å². The molecule has 0 unspecified atom stereocenters. The van der Waals surface area contributed by atoms with Gasteiger partial charge in [-0.3, -0.25) is 9.10 Å². The van der Waals surface area contributed by atoms with Crippen LogP contribution in [0.2, 0.25) is 0 Å². The smallest absolute Gasteiger partial charge is 0.263 e. The van der Waals surface area contributed by atoms with Gasteiger partial charge in [-0.25, -0.2) is 8.42 Å². The Morgan fingerprint density at radius 3 is 2.41 bits per heavy atom. The Bertz CT molecular complexity index is 1120. The fourth-order valence-electron chi connectivity index (χ4n) is 3.23. The van der Waals surface area contributed by atoms with Crippen LogP contribution in [-0.4, -0.2) is 34.5 Å². The number of anilines is 1. The first-order chi connectivity index (χ1) is 16.3. The van der Waals surface area contributed by atoms with Crippen molar-refractivity contribution in [1.29, 1.82) is 0 Å². The first kappa shape index (κ1) is 27.1. The summed E-state index contributed by atoms with van der Waals surface area (Å²) in [5, 5.41) is 6.26. The molecule has 2 rings (SSSR count). The summed E-state index contributed by atoms with van der Waals surface area (Å²) in [5.74, 6) is -0.254. The Balaban J connectivity index is 1.79. The summed E-state index contributed by atoms with van der Waals surface area (Å²) < 4.78 is 26.7. The predicted molar refractivity (Wildman–Crippen MR) is 141 cm³/mol.